The largest absolute Gasteiger partial charge is 0.469 e. The van der Waals surface area contributed by atoms with Gasteiger partial charge in [-0.3, -0.25) is 4.79 Å². The number of carbonyl (C=O) groups excluding carboxylic acids is 1. The average Bonchev–Trinajstić information content (AvgIpc) is 2.21. The van der Waals surface area contributed by atoms with Gasteiger partial charge in [-0.25, -0.2) is 0 Å². The van der Waals surface area contributed by atoms with Gasteiger partial charge in [0, 0.05) is 6.42 Å². The summed E-state index contributed by atoms with van der Waals surface area (Å²) in [6, 6.07) is 0. The number of allylic oxidation sites excluding steroid dienone is 2. The lowest BCUT2D eigenvalue weighted by Crippen LogP contribution is -1.97. The smallest absolute Gasteiger partial charge is 0.306 e. The molecule has 2 heteroatoms. The number of hydrogen-bond donors (Lipinski definition) is 0. The summed E-state index contributed by atoms with van der Waals surface area (Å²) in [5, 5.41) is 0. The van der Waals surface area contributed by atoms with Crippen molar-refractivity contribution >= 4 is 5.97 Å². The van der Waals surface area contributed by atoms with Gasteiger partial charge >= 0.3 is 5.97 Å². The zero-order chi connectivity index (χ0) is 10.6. The first-order valence-electron chi connectivity index (χ1n) is 3.97. The highest BCUT2D eigenvalue weighted by Crippen LogP contribution is 1.88. The van der Waals surface area contributed by atoms with E-state index in [1.165, 1.54) is 19.3 Å². The Hall–Kier alpha value is -2.11. The van der Waals surface area contributed by atoms with Gasteiger partial charge in [0.05, 0.1) is 13.5 Å². The molecule has 0 N–H and O–H groups in total. The highest BCUT2D eigenvalue weighted by molar-refractivity contribution is 5.69. The van der Waals surface area contributed by atoms with Crippen LogP contribution in [0.1, 0.15) is 12.8 Å². The Morgan fingerprint density at radius 3 is 2.86 bits per heavy atom. The van der Waals surface area contributed by atoms with Crippen LogP contribution in [0.2, 0.25) is 0 Å². The molecule has 0 fully saturated rings. The standard InChI is InChI=1S/C12H10O2/c1-3-4-5-6-7-8-9-10-11-12(13)14-2/h1,4-5H,10-11H2,2H3/b5-4-. The van der Waals surface area contributed by atoms with Gasteiger partial charge in [-0.15, -0.1) is 6.42 Å². The fourth-order valence-electron chi connectivity index (χ4n) is 0.541. The molecule has 0 amide bonds. The van der Waals surface area contributed by atoms with Crippen LogP contribution in [0.3, 0.4) is 0 Å². The van der Waals surface area contributed by atoms with Crippen molar-refractivity contribution in [2.24, 2.45) is 0 Å². The second-order valence-electron chi connectivity index (χ2n) is 2.15. The summed E-state index contributed by atoms with van der Waals surface area (Å²) in [4.78, 5) is 10.6. The van der Waals surface area contributed by atoms with Crippen LogP contribution in [-0.2, 0) is 9.53 Å². The molecule has 0 spiro atoms. The Morgan fingerprint density at radius 1 is 1.43 bits per heavy atom. The fraction of sp³-hybridized carbons (Fsp3) is 0.250. The fourth-order valence-corrected chi connectivity index (χ4v) is 0.541. The van der Waals surface area contributed by atoms with E-state index in [9.17, 15) is 4.79 Å². The maximum atomic E-state index is 10.6. The zero-order valence-electron chi connectivity index (χ0n) is 7.96. The topological polar surface area (TPSA) is 26.3 Å². The summed E-state index contributed by atoms with van der Waals surface area (Å²) >= 11 is 0. The predicted molar refractivity (Wildman–Crippen MR) is 54.8 cm³/mol. The van der Waals surface area contributed by atoms with Crippen molar-refractivity contribution in [3.63, 3.8) is 0 Å². The molecule has 0 aromatic rings. The second-order valence-corrected chi connectivity index (χ2v) is 2.15. The van der Waals surface area contributed by atoms with Crippen LogP contribution in [0.25, 0.3) is 0 Å². The van der Waals surface area contributed by atoms with Crippen molar-refractivity contribution in [1.29, 1.82) is 0 Å². The third kappa shape index (κ3) is 7.99. The SMILES string of the molecule is C#C/C=C\C#CC#CCCC(=O)OC. The molecule has 0 atom stereocenters. The Kier molecular flexibility index (Phi) is 7.63. The van der Waals surface area contributed by atoms with Gasteiger partial charge in [-0.1, -0.05) is 17.8 Å². The Balaban J connectivity index is 3.73. The molecule has 0 aromatic carbocycles. The van der Waals surface area contributed by atoms with Crippen molar-refractivity contribution in [3.8, 4) is 36.0 Å². The Labute approximate surface area is 84.3 Å². The molecular formula is C12H10O2. The van der Waals surface area contributed by atoms with E-state index in [0.29, 0.717) is 12.8 Å². The number of terminal acetylenes is 1. The lowest BCUT2D eigenvalue weighted by Gasteiger charge is -1.91. The lowest BCUT2D eigenvalue weighted by atomic mass is 10.3. The number of rotatable bonds is 2. The van der Waals surface area contributed by atoms with Gasteiger partial charge in [0.15, 0.2) is 0 Å². The van der Waals surface area contributed by atoms with E-state index in [4.69, 9.17) is 6.42 Å². The summed E-state index contributed by atoms with van der Waals surface area (Å²) in [6.45, 7) is 0. The summed E-state index contributed by atoms with van der Waals surface area (Å²) in [5.41, 5.74) is 0. The third-order valence-electron chi connectivity index (χ3n) is 1.17. The average molecular weight is 186 g/mol. The van der Waals surface area contributed by atoms with Crippen molar-refractivity contribution in [2.45, 2.75) is 12.8 Å². The lowest BCUT2D eigenvalue weighted by molar-refractivity contribution is -0.140. The van der Waals surface area contributed by atoms with E-state index < -0.39 is 0 Å². The number of methoxy groups -OCH3 is 1. The number of esters is 1. The minimum absolute atomic E-state index is 0.264. The van der Waals surface area contributed by atoms with Crippen LogP contribution in [0.15, 0.2) is 12.2 Å². The second kappa shape index (κ2) is 8.98. The van der Waals surface area contributed by atoms with E-state index in [2.05, 4.69) is 34.3 Å². The van der Waals surface area contributed by atoms with Crippen LogP contribution >= 0.6 is 0 Å². The highest BCUT2D eigenvalue weighted by Gasteiger charge is 1.94. The van der Waals surface area contributed by atoms with Crippen LogP contribution in [-0.4, -0.2) is 13.1 Å². The van der Waals surface area contributed by atoms with Crippen molar-refractivity contribution in [3.05, 3.63) is 12.2 Å². The Morgan fingerprint density at radius 2 is 2.21 bits per heavy atom. The van der Waals surface area contributed by atoms with Gasteiger partial charge in [0.1, 0.15) is 0 Å². The van der Waals surface area contributed by atoms with Gasteiger partial charge in [-0.2, -0.15) is 0 Å². The molecule has 2 nitrogen and oxygen atoms in total. The third-order valence-corrected chi connectivity index (χ3v) is 1.17. The molecule has 0 aliphatic rings. The maximum Gasteiger partial charge on any atom is 0.306 e. The summed E-state index contributed by atoms with van der Waals surface area (Å²) in [7, 11) is 1.35. The van der Waals surface area contributed by atoms with Crippen LogP contribution < -0.4 is 0 Å². The quantitative estimate of drug-likeness (QED) is 0.477. The molecule has 0 radical (unpaired) electrons. The predicted octanol–water partition coefficient (Wildman–Crippen LogP) is 1.14. The minimum atomic E-state index is -0.264. The first kappa shape index (κ1) is 11.9. The van der Waals surface area contributed by atoms with Crippen LogP contribution in [0.5, 0.6) is 0 Å². The van der Waals surface area contributed by atoms with E-state index in [1.54, 1.807) is 0 Å². The van der Waals surface area contributed by atoms with Crippen molar-refractivity contribution in [1.82, 2.24) is 0 Å². The van der Waals surface area contributed by atoms with Gasteiger partial charge in [0.25, 0.3) is 0 Å². The van der Waals surface area contributed by atoms with Crippen molar-refractivity contribution in [2.75, 3.05) is 7.11 Å². The molecule has 0 aliphatic carbocycles. The first-order chi connectivity index (χ1) is 6.81. The van der Waals surface area contributed by atoms with Gasteiger partial charge in [-0.05, 0) is 24.0 Å². The molecule has 0 aliphatic heterocycles. The molecule has 0 aromatic heterocycles. The molecule has 0 saturated carbocycles. The van der Waals surface area contributed by atoms with E-state index in [0.717, 1.165) is 0 Å². The normalized spacial score (nSPS) is 7.71. The zero-order valence-corrected chi connectivity index (χ0v) is 7.96. The van der Waals surface area contributed by atoms with Gasteiger partial charge < -0.3 is 4.74 Å². The molecule has 14 heavy (non-hydrogen) atoms. The number of carbonyl (C=O) groups is 1. The maximum absolute atomic E-state index is 10.6. The molecule has 0 rings (SSSR count). The van der Waals surface area contributed by atoms with E-state index >= 15 is 0 Å². The Bertz CT molecular complexity index is 361. The van der Waals surface area contributed by atoms with Crippen molar-refractivity contribution < 1.29 is 9.53 Å². The molecular weight excluding hydrogens is 176 g/mol. The summed E-state index contributed by atoms with van der Waals surface area (Å²) < 4.78 is 4.43. The van der Waals surface area contributed by atoms with Gasteiger partial charge in [0.2, 0.25) is 0 Å². The van der Waals surface area contributed by atoms with E-state index in [1.807, 2.05) is 0 Å². The monoisotopic (exact) mass is 186 g/mol. The van der Waals surface area contributed by atoms with E-state index in [-0.39, 0.29) is 5.97 Å². The molecule has 0 bridgehead atoms. The number of ether oxygens (including phenoxy) is 1. The molecule has 0 saturated heterocycles. The minimum Gasteiger partial charge on any atom is -0.469 e. The van der Waals surface area contributed by atoms with Crippen LogP contribution in [0, 0.1) is 36.0 Å². The molecule has 0 unspecified atom stereocenters. The molecule has 70 valence electrons. The first-order valence-corrected chi connectivity index (χ1v) is 3.97. The highest BCUT2D eigenvalue weighted by atomic mass is 16.5. The number of hydrogen-bond acceptors (Lipinski definition) is 2. The summed E-state index contributed by atoms with van der Waals surface area (Å²) in [5.74, 6) is 12.5. The molecule has 0 heterocycles. The van der Waals surface area contributed by atoms with Crippen LogP contribution in [0.4, 0.5) is 0 Å². The summed E-state index contributed by atoms with van der Waals surface area (Å²) in [6.07, 6.45) is 8.73.